The largest absolute Gasteiger partial charge is 0.488 e. The monoisotopic (exact) mass is 269 g/mol. The van der Waals surface area contributed by atoms with Gasteiger partial charge in [-0.1, -0.05) is 12.2 Å². The molecule has 0 bridgehead atoms. The molecule has 1 unspecified atom stereocenters. The van der Waals surface area contributed by atoms with E-state index in [9.17, 15) is 4.39 Å². The van der Waals surface area contributed by atoms with Crippen LogP contribution in [-0.2, 0) is 4.74 Å². The molecular weight excluding hydrogens is 253 g/mol. The smallest absolute Gasteiger partial charge is 0.165 e. The number of benzene rings is 1. The molecule has 18 heavy (non-hydrogen) atoms. The number of thiocarbonyl (C=S) groups is 1. The van der Waals surface area contributed by atoms with Crippen molar-refractivity contribution in [3.63, 3.8) is 0 Å². The Kier molecular flexibility index (Phi) is 4.49. The minimum atomic E-state index is -0.448. The van der Waals surface area contributed by atoms with Crippen molar-refractivity contribution in [1.29, 1.82) is 0 Å². The van der Waals surface area contributed by atoms with Gasteiger partial charge in [-0.25, -0.2) is 4.39 Å². The van der Waals surface area contributed by atoms with Crippen LogP contribution >= 0.6 is 12.2 Å². The molecule has 1 heterocycles. The maximum absolute atomic E-state index is 13.7. The van der Waals surface area contributed by atoms with Gasteiger partial charge in [0.15, 0.2) is 11.6 Å². The predicted octanol–water partition coefficient (Wildman–Crippen LogP) is 2.41. The lowest BCUT2D eigenvalue weighted by molar-refractivity contribution is -0.0117. The van der Waals surface area contributed by atoms with Gasteiger partial charge in [-0.3, -0.25) is 0 Å². The Hall–Kier alpha value is -1.20. The number of hydrogen-bond acceptors (Lipinski definition) is 3. The molecule has 5 heteroatoms. The molecule has 1 atom stereocenters. The highest BCUT2D eigenvalue weighted by molar-refractivity contribution is 7.80. The second-order valence-electron chi connectivity index (χ2n) is 4.31. The average molecular weight is 269 g/mol. The molecule has 3 nitrogen and oxygen atoms in total. The third-order valence-corrected chi connectivity index (χ3v) is 3.15. The Morgan fingerprint density at radius 3 is 2.94 bits per heavy atom. The fraction of sp³-hybridized carbons (Fsp3) is 0.462. The van der Waals surface area contributed by atoms with Gasteiger partial charge in [-0.2, -0.15) is 0 Å². The molecule has 0 aliphatic carbocycles. The summed E-state index contributed by atoms with van der Waals surface area (Å²) in [6.45, 7) is 1.14. The molecule has 0 saturated carbocycles. The van der Waals surface area contributed by atoms with Gasteiger partial charge in [0.05, 0.1) is 6.10 Å². The van der Waals surface area contributed by atoms with Crippen LogP contribution in [0, 0.1) is 5.82 Å². The van der Waals surface area contributed by atoms with Crippen LogP contribution in [0.1, 0.15) is 24.8 Å². The topological polar surface area (TPSA) is 44.5 Å². The summed E-state index contributed by atoms with van der Waals surface area (Å²) in [7, 11) is 0. The van der Waals surface area contributed by atoms with Crippen molar-refractivity contribution in [3.8, 4) is 5.75 Å². The minimum absolute atomic E-state index is 0.0633. The van der Waals surface area contributed by atoms with Crippen LogP contribution in [0.2, 0.25) is 0 Å². The number of hydrogen-bond donors (Lipinski definition) is 1. The lowest BCUT2D eigenvalue weighted by Crippen LogP contribution is -2.26. The van der Waals surface area contributed by atoms with Crippen LogP contribution in [-0.4, -0.2) is 24.3 Å². The van der Waals surface area contributed by atoms with Gasteiger partial charge in [0.1, 0.15) is 11.6 Å². The van der Waals surface area contributed by atoms with Crippen LogP contribution in [0.5, 0.6) is 5.75 Å². The first-order chi connectivity index (χ1) is 8.66. The molecule has 1 saturated heterocycles. The van der Waals surface area contributed by atoms with E-state index in [1.807, 2.05) is 0 Å². The van der Waals surface area contributed by atoms with Crippen LogP contribution in [0.4, 0.5) is 4.39 Å². The van der Waals surface area contributed by atoms with Crippen molar-refractivity contribution in [2.75, 3.05) is 13.2 Å². The Morgan fingerprint density at radius 2 is 2.33 bits per heavy atom. The third-order valence-electron chi connectivity index (χ3n) is 2.92. The Labute approximate surface area is 111 Å². The SMILES string of the molecule is NC(=S)c1ccc(OCC2CCCCO2)c(F)c1. The van der Waals surface area contributed by atoms with E-state index >= 15 is 0 Å². The number of halogens is 1. The lowest BCUT2D eigenvalue weighted by Gasteiger charge is -2.22. The summed E-state index contributed by atoms with van der Waals surface area (Å²) >= 11 is 4.78. The molecule has 1 aromatic rings. The Morgan fingerprint density at radius 1 is 1.50 bits per heavy atom. The average Bonchev–Trinajstić information content (AvgIpc) is 2.38. The van der Waals surface area contributed by atoms with E-state index < -0.39 is 5.82 Å². The molecule has 2 rings (SSSR count). The van der Waals surface area contributed by atoms with Gasteiger partial charge >= 0.3 is 0 Å². The molecule has 1 aliphatic heterocycles. The highest BCUT2D eigenvalue weighted by Crippen LogP contribution is 2.20. The molecule has 1 aromatic carbocycles. The van der Waals surface area contributed by atoms with Crippen molar-refractivity contribution >= 4 is 17.2 Å². The maximum Gasteiger partial charge on any atom is 0.165 e. The van der Waals surface area contributed by atoms with E-state index in [4.69, 9.17) is 27.4 Å². The van der Waals surface area contributed by atoms with Crippen LogP contribution in [0.15, 0.2) is 18.2 Å². The zero-order chi connectivity index (χ0) is 13.0. The van der Waals surface area contributed by atoms with Gasteiger partial charge in [0, 0.05) is 12.2 Å². The minimum Gasteiger partial charge on any atom is -0.488 e. The van der Waals surface area contributed by atoms with E-state index in [1.54, 1.807) is 12.1 Å². The summed E-state index contributed by atoms with van der Waals surface area (Å²) in [5.41, 5.74) is 5.93. The molecular formula is C13H16FNO2S. The summed E-state index contributed by atoms with van der Waals surface area (Å²) in [5.74, 6) is -0.236. The van der Waals surface area contributed by atoms with Crippen LogP contribution in [0.3, 0.4) is 0 Å². The normalized spacial score (nSPS) is 19.5. The summed E-state index contributed by atoms with van der Waals surface area (Å²) in [4.78, 5) is 0.177. The zero-order valence-electron chi connectivity index (χ0n) is 10.0. The number of nitrogens with two attached hydrogens (primary N) is 1. The molecule has 0 radical (unpaired) electrons. The van der Waals surface area contributed by atoms with Crippen molar-refractivity contribution in [2.24, 2.45) is 5.73 Å². The van der Waals surface area contributed by atoms with Gasteiger partial charge in [0.25, 0.3) is 0 Å². The first-order valence-electron chi connectivity index (χ1n) is 6.00. The van der Waals surface area contributed by atoms with E-state index in [-0.39, 0.29) is 16.8 Å². The van der Waals surface area contributed by atoms with E-state index in [0.29, 0.717) is 12.2 Å². The second kappa shape index (κ2) is 6.11. The Bertz CT molecular complexity index is 433. The molecule has 1 aliphatic rings. The summed E-state index contributed by atoms with van der Waals surface area (Å²) < 4.78 is 24.6. The second-order valence-corrected chi connectivity index (χ2v) is 4.75. The van der Waals surface area contributed by atoms with Crippen molar-refractivity contribution < 1.29 is 13.9 Å². The highest BCUT2D eigenvalue weighted by Gasteiger charge is 2.15. The van der Waals surface area contributed by atoms with Crippen LogP contribution in [0.25, 0.3) is 0 Å². The van der Waals surface area contributed by atoms with Gasteiger partial charge < -0.3 is 15.2 Å². The third kappa shape index (κ3) is 3.40. The molecule has 1 fully saturated rings. The van der Waals surface area contributed by atoms with Crippen molar-refractivity contribution in [1.82, 2.24) is 0 Å². The van der Waals surface area contributed by atoms with E-state index in [0.717, 1.165) is 25.9 Å². The first kappa shape index (κ1) is 13.2. The molecule has 0 aromatic heterocycles. The fourth-order valence-electron chi connectivity index (χ4n) is 1.89. The molecule has 0 amide bonds. The summed E-state index contributed by atoms with van der Waals surface area (Å²) in [6.07, 6.45) is 3.25. The van der Waals surface area contributed by atoms with Gasteiger partial charge in [0.2, 0.25) is 0 Å². The van der Waals surface area contributed by atoms with Gasteiger partial charge in [-0.05, 0) is 37.5 Å². The molecule has 0 spiro atoms. The fourth-order valence-corrected chi connectivity index (χ4v) is 2.02. The molecule has 98 valence electrons. The van der Waals surface area contributed by atoms with E-state index in [1.165, 1.54) is 6.07 Å². The van der Waals surface area contributed by atoms with Crippen molar-refractivity contribution in [2.45, 2.75) is 25.4 Å². The predicted molar refractivity (Wildman–Crippen MR) is 71.4 cm³/mol. The Balaban J connectivity index is 1.94. The lowest BCUT2D eigenvalue weighted by atomic mass is 10.1. The van der Waals surface area contributed by atoms with Crippen molar-refractivity contribution in [3.05, 3.63) is 29.6 Å². The van der Waals surface area contributed by atoms with E-state index in [2.05, 4.69) is 0 Å². The maximum atomic E-state index is 13.7. The summed E-state index contributed by atoms with van der Waals surface area (Å²) in [6, 6.07) is 4.49. The first-order valence-corrected chi connectivity index (χ1v) is 6.41. The summed E-state index contributed by atoms with van der Waals surface area (Å²) in [5, 5.41) is 0. The quantitative estimate of drug-likeness (QED) is 0.853. The number of ether oxygens (including phenoxy) is 2. The highest BCUT2D eigenvalue weighted by atomic mass is 32.1. The zero-order valence-corrected chi connectivity index (χ0v) is 10.8. The molecule has 2 N–H and O–H groups in total. The number of rotatable bonds is 4. The van der Waals surface area contributed by atoms with Crippen LogP contribution < -0.4 is 10.5 Å². The van der Waals surface area contributed by atoms with Gasteiger partial charge in [-0.15, -0.1) is 0 Å². The standard InChI is InChI=1S/C13H16FNO2S/c14-11-7-9(13(15)18)4-5-12(11)17-8-10-3-1-2-6-16-10/h4-5,7,10H,1-3,6,8H2,(H2,15,18).